The molecule has 0 bridgehead atoms. The van der Waals surface area contributed by atoms with Crippen molar-refractivity contribution < 1.29 is 0 Å². The molecule has 1 aromatic rings. The van der Waals surface area contributed by atoms with Gasteiger partial charge in [-0.15, -0.1) is 0 Å². The molecular formula is C6H10N4S. The lowest BCUT2D eigenvalue weighted by Gasteiger charge is -2.24. The molecule has 1 aromatic heterocycles. The van der Waals surface area contributed by atoms with E-state index in [-0.39, 0.29) is 0 Å². The third-order valence-corrected chi connectivity index (χ3v) is 2.57. The Bertz CT molecular complexity index is 204. The van der Waals surface area contributed by atoms with Crippen molar-refractivity contribution >= 4 is 16.7 Å². The van der Waals surface area contributed by atoms with Crippen molar-refractivity contribution in [3.05, 3.63) is 0 Å². The Kier molecular flexibility index (Phi) is 1.98. The van der Waals surface area contributed by atoms with Crippen molar-refractivity contribution in [2.45, 2.75) is 19.3 Å². The van der Waals surface area contributed by atoms with Crippen LogP contribution in [-0.4, -0.2) is 27.9 Å². The standard InChI is InChI=1S/C6H10N4S/c1-2-4-10(5-3-1)6-7-8-9-11-6/h1-5H2. The van der Waals surface area contributed by atoms with E-state index in [2.05, 4.69) is 19.7 Å². The molecule has 0 spiro atoms. The molecule has 60 valence electrons. The van der Waals surface area contributed by atoms with Crippen molar-refractivity contribution in [3.63, 3.8) is 0 Å². The third kappa shape index (κ3) is 1.48. The maximum atomic E-state index is 3.92. The highest BCUT2D eigenvalue weighted by atomic mass is 32.1. The van der Waals surface area contributed by atoms with Gasteiger partial charge in [0.25, 0.3) is 0 Å². The summed E-state index contributed by atoms with van der Waals surface area (Å²) in [4.78, 5) is 2.26. The first kappa shape index (κ1) is 6.97. The first-order chi connectivity index (χ1) is 5.47. The maximum absolute atomic E-state index is 3.92. The molecule has 0 N–H and O–H groups in total. The zero-order valence-corrected chi connectivity index (χ0v) is 7.05. The largest absolute Gasteiger partial charge is 0.345 e. The van der Waals surface area contributed by atoms with E-state index in [1.54, 1.807) is 0 Å². The van der Waals surface area contributed by atoms with Gasteiger partial charge in [-0.25, -0.2) is 0 Å². The van der Waals surface area contributed by atoms with Gasteiger partial charge in [0.15, 0.2) is 0 Å². The Hall–Kier alpha value is -0.710. The number of nitrogens with zero attached hydrogens (tertiary/aromatic N) is 4. The van der Waals surface area contributed by atoms with E-state index in [0.29, 0.717) is 0 Å². The number of anilines is 1. The average molecular weight is 170 g/mol. The van der Waals surface area contributed by atoms with Crippen LogP contribution in [0.3, 0.4) is 0 Å². The lowest BCUT2D eigenvalue weighted by atomic mass is 10.1. The highest BCUT2D eigenvalue weighted by molar-refractivity contribution is 7.09. The van der Waals surface area contributed by atoms with Crippen LogP contribution in [0.4, 0.5) is 5.13 Å². The van der Waals surface area contributed by atoms with Gasteiger partial charge in [0.2, 0.25) is 5.13 Å². The summed E-state index contributed by atoms with van der Waals surface area (Å²) in [5.74, 6) is 0. The smallest absolute Gasteiger partial charge is 0.227 e. The molecule has 0 saturated carbocycles. The van der Waals surface area contributed by atoms with Gasteiger partial charge in [-0.1, -0.05) is 9.59 Å². The van der Waals surface area contributed by atoms with E-state index in [9.17, 15) is 0 Å². The zero-order chi connectivity index (χ0) is 7.52. The van der Waals surface area contributed by atoms with Crippen molar-refractivity contribution in [2.24, 2.45) is 0 Å². The molecule has 0 unspecified atom stereocenters. The lowest BCUT2D eigenvalue weighted by molar-refractivity contribution is 0.575. The van der Waals surface area contributed by atoms with Crippen molar-refractivity contribution in [1.82, 2.24) is 14.8 Å². The molecule has 1 aliphatic heterocycles. The Morgan fingerprint density at radius 1 is 1.18 bits per heavy atom. The monoisotopic (exact) mass is 170 g/mol. The highest BCUT2D eigenvalue weighted by Gasteiger charge is 2.13. The van der Waals surface area contributed by atoms with Crippen LogP contribution in [0.2, 0.25) is 0 Å². The van der Waals surface area contributed by atoms with Gasteiger partial charge in [-0.05, 0) is 24.5 Å². The summed E-state index contributed by atoms with van der Waals surface area (Å²) in [6, 6.07) is 0. The number of aromatic nitrogens is 3. The molecule has 2 heterocycles. The molecule has 11 heavy (non-hydrogen) atoms. The van der Waals surface area contributed by atoms with Gasteiger partial charge < -0.3 is 4.90 Å². The molecule has 2 rings (SSSR count). The number of hydrogen-bond acceptors (Lipinski definition) is 5. The van der Waals surface area contributed by atoms with Crippen molar-refractivity contribution in [2.75, 3.05) is 18.0 Å². The minimum atomic E-state index is 0.977. The summed E-state index contributed by atoms with van der Waals surface area (Å²) >= 11 is 1.38. The molecule has 1 aliphatic rings. The van der Waals surface area contributed by atoms with Crippen LogP contribution in [-0.2, 0) is 0 Å². The Labute approximate surface area is 69.4 Å². The summed E-state index contributed by atoms with van der Waals surface area (Å²) in [5.41, 5.74) is 0. The highest BCUT2D eigenvalue weighted by Crippen LogP contribution is 2.18. The van der Waals surface area contributed by atoms with Crippen LogP contribution in [0.15, 0.2) is 0 Å². The van der Waals surface area contributed by atoms with Crippen LogP contribution in [0.1, 0.15) is 19.3 Å². The molecule has 5 heteroatoms. The second-order valence-corrected chi connectivity index (χ2v) is 3.40. The predicted octanol–water partition coefficient (Wildman–Crippen LogP) is 0.923. The Balaban J connectivity index is 2.04. The van der Waals surface area contributed by atoms with Crippen molar-refractivity contribution in [3.8, 4) is 0 Å². The first-order valence-electron chi connectivity index (χ1n) is 3.87. The number of piperidine rings is 1. The van der Waals surface area contributed by atoms with Crippen LogP contribution in [0, 0.1) is 0 Å². The minimum Gasteiger partial charge on any atom is -0.345 e. The molecule has 1 saturated heterocycles. The molecule has 4 nitrogen and oxygen atoms in total. The Morgan fingerprint density at radius 3 is 2.64 bits per heavy atom. The minimum absolute atomic E-state index is 0.977. The fourth-order valence-electron chi connectivity index (χ4n) is 1.34. The number of hydrogen-bond donors (Lipinski definition) is 0. The zero-order valence-electron chi connectivity index (χ0n) is 6.23. The van der Waals surface area contributed by atoms with Gasteiger partial charge in [-0.2, -0.15) is 0 Å². The SMILES string of the molecule is C1CCN(c2nnns2)CC1. The topological polar surface area (TPSA) is 41.9 Å². The molecule has 0 atom stereocenters. The average Bonchev–Trinajstić information content (AvgIpc) is 2.58. The lowest BCUT2D eigenvalue weighted by Crippen LogP contribution is -2.29. The van der Waals surface area contributed by atoms with Crippen molar-refractivity contribution in [1.29, 1.82) is 0 Å². The second kappa shape index (κ2) is 3.13. The normalized spacial score (nSPS) is 18.7. The van der Waals surface area contributed by atoms with Gasteiger partial charge in [0.05, 0.1) is 0 Å². The van der Waals surface area contributed by atoms with Crippen LogP contribution in [0.5, 0.6) is 0 Å². The first-order valence-corrected chi connectivity index (χ1v) is 4.64. The van der Waals surface area contributed by atoms with Crippen LogP contribution in [0.25, 0.3) is 0 Å². The summed E-state index contributed by atoms with van der Waals surface area (Å²) in [6.45, 7) is 2.24. The molecule has 1 fully saturated rings. The van der Waals surface area contributed by atoms with Gasteiger partial charge in [-0.3, -0.25) is 0 Å². The molecular weight excluding hydrogens is 160 g/mol. The molecule has 0 aliphatic carbocycles. The van der Waals surface area contributed by atoms with E-state index in [4.69, 9.17) is 0 Å². The van der Waals surface area contributed by atoms with E-state index < -0.39 is 0 Å². The molecule has 0 aromatic carbocycles. The van der Waals surface area contributed by atoms with Crippen LogP contribution >= 0.6 is 11.5 Å². The van der Waals surface area contributed by atoms with Gasteiger partial charge >= 0.3 is 0 Å². The number of rotatable bonds is 1. The van der Waals surface area contributed by atoms with E-state index in [1.807, 2.05) is 0 Å². The third-order valence-electron chi connectivity index (χ3n) is 1.92. The summed E-state index contributed by atoms with van der Waals surface area (Å²) in [6.07, 6.45) is 3.90. The van der Waals surface area contributed by atoms with Crippen LogP contribution < -0.4 is 4.90 Å². The Morgan fingerprint density at radius 2 is 2.00 bits per heavy atom. The maximum Gasteiger partial charge on any atom is 0.227 e. The molecule has 0 radical (unpaired) electrons. The van der Waals surface area contributed by atoms with Gasteiger partial charge in [0, 0.05) is 24.6 Å². The summed E-state index contributed by atoms with van der Waals surface area (Å²) < 4.78 is 3.74. The van der Waals surface area contributed by atoms with Gasteiger partial charge in [0.1, 0.15) is 0 Å². The summed E-state index contributed by atoms with van der Waals surface area (Å²) in [7, 11) is 0. The summed E-state index contributed by atoms with van der Waals surface area (Å²) in [5, 5.41) is 8.47. The predicted molar refractivity (Wildman–Crippen MR) is 43.8 cm³/mol. The molecule has 0 amide bonds. The fraction of sp³-hybridized carbons (Fsp3) is 0.833. The van der Waals surface area contributed by atoms with E-state index in [1.165, 1.54) is 30.8 Å². The fourth-order valence-corrected chi connectivity index (χ4v) is 1.85. The quantitative estimate of drug-likeness (QED) is 0.628. The van der Waals surface area contributed by atoms with E-state index >= 15 is 0 Å². The second-order valence-electron chi connectivity index (χ2n) is 2.69. The van der Waals surface area contributed by atoms with E-state index in [0.717, 1.165) is 18.2 Å².